The smallest absolute Gasteiger partial charge is 0.332 e. The molecule has 1 saturated heterocycles. The van der Waals surface area contributed by atoms with E-state index in [2.05, 4.69) is 4.98 Å². The minimum atomic E-state index is -1.04. The number of nitrogens with zero attached hydrogens (tertiary/aromatic N) is 2. The Hall–Kier alpha value is -3.28. The van der Waals surface area contributed by atoms with Gasteiger partial charge in [-0.25, -0.2) is 9.69 Å². The average Bonchev–Trinajstić information content (AvgIpc) is 3.17. The highest BCUT2D eigenvalue weighted by atomic mass is 16.5. The summed E-state index contributed by atoms with van der Waals surface area (Å²) >= 11 is 0. The molecular weight excluding hydrogens is 354 g/mol. The zero-order chi connectivity index (χ0) is 19.6. The van der Waals surface area contributed by atoms with Gasteiger partial charge >= 0.3 is 6.03 Å². The van der Waals surface area contributed by atoms with E-state index in [1.807, 2.05) is 56.3 Å². The summed E-state index contributed by atoms with van der Waals surface area (Å²) in [5, 5.41) is 1.05. The molecule has 142 valence electrons. The first kappa shape index (κ1) is 16.9. The van der Waals surface area contributed by atoms with E-state index in [1.165, 1.54) is 4.90 Å². The number of carbonyl (C=O) groups excluding carboxylic acids is 2. The van der Waals surface area contributed by atoms with Crippen LogP contribution in [0.3, 0.4) is 0 Å². The van der Waals surface area contributed by atoms with Crippen LogP contribution in [0.1, 0.15) is 23.7 Å². The standard InChI is InChI=1S/C22H21N3O3/c1-13-4-6-14(7-5-13)25-20(26)22(2)19-16(10-11-24(22)21(25)27)17-12-15(28-3)8-9-18(17)23-19/h4-9,12,23H,10-11H2,1-3H3/t22-/m0/s1. The monoisotopic (exact) mass is 375 g/mol. The number of benzene rings is 2. The van der Waals surface area contributed by atoms with Crippen LogP contribution in [-0.4, -0.2) is 35.5 Å². The summed E-state index contributed by atoms with van der Waals surface area (Å²) in [4.78, 5) is 33.1. The molecule has 5 rings (SSSR count). The quantitative estimate of drug-likeness (QED) is 0.694. The predicted octanol–water partition coefficient (Wildman–Crippen LogP) is 3.73. The summed E-state index contributed by atoms with van der Waals surface area (Å²) in [5.74, 6) is 0.554. The fourth-order valence-electron chi connectivity index (χ4n) is 4.47. The van der Waals surface area contributed by atoms with Crippen molar-refractivity contribution in [3.63, 3.8) is 0 Å². The van der Waals surface area contributed by atoms with Gasteiger partial charge in [0.15, 0.2) is 5.54 Å². The van der Waals surface area contributed by atoms with Gasteiger partial charge < -0.3 is 14.6 Å². The Morgan fingerprint density at radius 2 is 1.86 bits per heavy atom. The maximum absolute atomic E-state index is 13.5. The number of aromatic nitrogens is 1. The van der Waals surface area contributed by atoms with Crippen molar-refractivity contribution in [2.24, 2.45) is 0 Å². The van der Waals surface area contributed by atoms with Gasteiger partial charge in [0.25, 0.3) is 5.91 Å². The van der Waals surface area contributed by atoms with Gasteiger partial charge in [-0.15, -0.1) is 0 Å². The van der Waals surface area contributed by atoms with Crippen molar-refractivity contribution in [3.05, 3.63) is 59.3 Å². The lowest BCUT2D eigenvalue weighted by Gasteiger charge is -2.35. The summed E-state index contributed by atoms with van der Waals surface area (Å²) < 4.78 is 5.36. The first-order valence-corrected chi connectivity index (χ1v) is 9.37. The zero-order valence-electron chi connectivity index (χ0n) is 16.1. The number of aromatic amines is 1. The minimum absolute atomic E-state index is 0.221. The van der Waals surface area contributed by atoms with Gasteiger partial charge in [0, 0.05) is 17.4 Å². The predicted molar refractivity (Wildman–Crippen MR) is 107 cm³/mol. The van der Waals surface area contributed by atoms with Crippen LogP contribution in [0.5, 0.6) is 5.75 Å². The molecule has 1 atom stereocenters. The van der Waals surface area contributed by atoms with E-state index in [9.17, 15) is 9.59 Å². The molecule has 3 heterocycles. The van der Waals surface area contributed by atoms with E-state index in [4.69, 9.17) is 4.74 Å². The number of fused-ring (bicyclic) bond motifs is 5. The highest BCUT2D eigenvalue weighted by Crippen LogP contribution is 2.45. The normalized spacial score (nSPS) is 21.2. The maximum Gasteiger partial charge on any atom is 0.332 e. The lowest BCUT2D eigenvalue weighted by atomic mass is 9.87. The van der Waals surface area contributed by atoms with Crippen LogP contribution in [0.4, 0.5) is 10.5 Å². The van der Waals surface area contributed by atoms with E-state index in [0.717, 1.165) is 33.5 Å². The van der Waals surface area contributed by atoms with Crippen molar-refractivity contribution in [1.29, 1.82) is 0 Å². The molecule has 2 aromatic carbocycles. The Bertz CT molecular complexity index is 1130. The number of amides is 3. The van der Waals surface area contributed by atoms with E-state index in [1.54, 1.807) is 12.0 Å². The van der Waals surface area contributed by atoms with Gasteiger partial charge in [0.1, 0.15) is 5.75 Å². The van der Waals surface area contributed by atoms with Crippen LogP contribution in [0, 0.1) is 6.92 Å². The molecule has 1 N–H and O–H groups in total. The van der Waals surface area contributed by atoms with Crippen LogP contribution in [0.2, 0.25) is 0 Å². The summed E-state index contributed by atoms with van der Waals surface area (Å²) in [5.41, 5.74) is 3.48. The fraction of sp³-hybridized carbons (Fsp3) is 0.273. The molecule has 2 aliphatic heterocycles. The van der Waals surface area contributed by atoms with Gasteiger partial charge in [-0.1, -0.05) is 17.7 Å². The highest BCUT2D eigenvalue weighted by molar-refractivity contribution is 6.23. The fourth-order valence-corrected chi connectivity index (χ4v) is 4.47. The number of anilines is 1. The van der Waals surface area contributed by atoms with E-state index in [-0.39, 0.29) is 11.9 Å². The van der Waals surface area contributed by atoms with Crippen LogP contribution >= 0.6 is 0 Å². The zero-order valence-corrected chi connectivity index (χ0v) is 16.1. The lowest BCUT2D eigenvalue weighted by molar-refractivity contribution is -0.125. The van der Waals surface area contributed by atoms with Crippen LogP contribution in [-0.2, 0) is 16.8 Å². The van der Waals surface area contributed by atoms with Crippen molar-refractivity contribution >= 4 is 28.5 Å². The van der Waals surface area contributed by atoms with Gasteiger partial charge in [-0.2, -0.15) is 0 Å². The molecular formula is C22H21N3O3. The maximum atomic E-state index is 13.5. The van der Waals surface area contributed by atoms with Gasteiger partial charge in [0.2, 0.25) is 0 Å². The third-order valence-corrected chi connectivity index (χ3v) is 6.06. The third-order valence-electron chi connectivity index (χ3n) is 6.06. The number of imide groups is 1. The minimum Gasteiger partial charge on any atom is -0.497 e. The Labute approximate surface area is 162 Å². The van der Waals surface area contributed by atoms with Crippen molar-refractivity contribution in [1.82, 2.24) is 9.88 Å². The first-order valence-electron chi connectivity index (χ1n) is 9.37. The molecule has 6 heteroatoms. The van der Waals surface area contributed by atoms with Crippen LogP contribution in [0.25, 0.3) is 10.9 Å². The molecule has 1 fully saturated rings. The van der Waals surface area contributed by atoms with E-state index >= 15 is 0 Å². The van der Waals surface area contributed by atoms with Crippen molar-refractivity contribution in [2.75, 3.05) is 18.6 Å². The number of aryl methyl sites for hydroxylation is 1. The number of hydrogen-bond acceptors (Lipinski definition) is 3. The molecule has 0 spiro atoms. The number of carbonyl (C=O) groups is 2. The second-order valence-electron chi connectivity index (χ2n) is 7.62. The summed E-state index contributed by atoms with van der Waals surface area (Å²) in [6, 6.07) is 13.0. The number of nitrogens with one attached hydrogen (secondary N) is 1. The molecule has 0 unspecified atom stereocenters. The second kappa shape index (κ2) is 5.61. The molecule has 3 amide bonds. The van der Waals surface area contributed by atoms with Gasteiger partial charge in [0.05, 0.1) is 18.5 Å². The molecule has 3 aromatic rings. The van der Waals surface area contributed by atoms with E-state index < -0.39 is 5.54 Å². The average molecular weight is 375 g/mol. The Kier molecular flexibility index (Phi) is 3.38. The van der Waals surface area contributed by atoms with Crippen LogP contribution in [0.15, 0.2) is 42.5 Å². The molecule has 0 radical (unpaired) electrons. The molecule has 28 heavy (non-hydrogen) atoms. The molecule has 0 bridgehead atoms. The van der Waals surface area contributed by atoms with E-state index in [0.29, 0.717) is 18.7 Å². The number of methoxy groups -OCH3 is 1. The van der Waals surface area contributed by atoms with Crippen molar-refractivity contribution in [3.8, 4) is 5.75 Å². The third kappa shape index (κ3) is 2.03. The van der Waals surface area contributed by atoms with Gasteiger partial charge in [-0.3, -0.25) is 4.79 Å². The number of hydrogen-bond donors (Lipinski definition) is 1. The number of ether oxygens (including phenoxy) is 1. The second-order valence-corrected chi connectivity index (χ2v) is 7.62. The number of urea groups is 1. The Morgan fingerprint density at radius 3 is 2.57 bits per heavy atom. The molecule has 0 aliphatic carbocycles. The number of rotatable bonds is 2. The Morgan fingerprint density at radius 1 is 1.11 bits per heavy atom. The molecule has 1 aromatic heterocycles. The molecule has 0 saturated carbocycles. The van der Waals surface area contributed by atoms with Gasteiger partial charge in [-0.05, 0) is 56.2 Å². The largest absolute Gasteiger partial charge is 0.497 e. The Balaban J connectivity index is 1.67. The SMILES string of the molecule is COc1ccc2[nH]c3c(c2c1)CCN1C(=O)N(c2ccc(C)cc2)C(=O)[C@]31C. The topological polar surface area (TPSA) is 65.6 Å². The first-order chi connectivity index (χ1) is 13.4. The van der Waals surface area contributed by atoms with Crippen molar-refractivity contribution in [2.45, 2.75) is 25.8 Å². The van der Waals surface area contributed by atoms with Crippen LogP contribution < -0.4 is 9.64 Å². The number of H-pyrrole nitrogens is 1. The van der Waals surface area contributed by atoms with Crippen molar-refractivity contribution < 1.29 is 14.3 Å². The highest BCUT2D eigenvalue weighted by Gasteiger charge is 2.58. The lowest BCUT2D eigenvalue weighted by Crippen LogP contribution is -2.49. The summed E-state index contributed by atoms with van der Waals surface area (Å²) in [6.45, 7) is 4.32. The molecule has 6 nitrogen and oxygen atoms in total. The molecule has 2 aliphatic rings. The summed E-state index contributed by atoms with van der Waals surface area (Å²) in [7, 11) is 1.64. The summed E-state index contributed by atoms with van der Waals surface area (Å²) in [6.07, 6.45) is 0.693.